The van der Waals surface area contributed by atoms with E-state index in [2.05, 4.69) is 4.74 Å². The van der Waals surface area contributed by atoms with Crippen LogP contribution >= 0.6 is 0 Å². The first kappa shape index (κ1) is 9.43. The topological polar surface area (TPSA) is 46.6 Å². The molecule has 4 nitrogen and oxygen atoms in total. The first-order valence-corrected chi connectivity index (χ1v) is 4.58. The molecule has 2 heterocycles. The summed E-state index contributed by atoms with van der Waals surface area (Å²) >= 11 is 0. The molecule has 3 fully saturated rings. The summed E-state index contributed by atoms with van der Waals surface area (Å²) in [6.07, 6.45) is -0.469. The number of methoxy groups -OCH3 is 1. The third kappa shape index (κ3) is 0.980. The van der Waals surface area contributed by atoms with Crippen molar-refractivity contribution in [3.63, 3.8) is 0 Å². The number of carbonyl (C=O) groups excluding carboxylic acids is 2. The van der Waals surface area contributed by atoms with E-state index >= 15 is 0 Å². The molecule has 2 aliphatic heterocycles. The number of halogens is 1. The van der Waals surface area contributed by atoms with Gasteiger partial charge in [0.1, 0.15) is 12.2 Å². The highest BCUT2D eigenvalue weighted by atomic mass is 19.1. The largest absolute Gasteiger partial charge is 0.467 e. The van der Waals surface area contributed by atoms with Crippen LogP contribution in [0.25, 0.3) is 0 Å². The molecule has 1 amide bonds. The summed E-state index contributed by atoms with van der Waals surface area (Å²) in [6, 6.07) is -1.10. The lowest BCUT2D eigenvalue weighted by atomic mass is 9.81. The summed E-state index contributed by atoms with van der Waals surface area (Å²) in [6.45, 7) is 1.35. The highest BCUT2D eigenvalue weighted by molar-refractivity contribution is 5.86. The molecule has 3 rings (SSSR count). The molecule has 0 spiro atoms. The van der Waals surface area contributed by atoms with E-state index in [1.165, 1.54) is 18.9 Å². The second kappa shape index (κ2) is 2.93. The van der Waals surface area contributed by atoms with Gasteiger partial charge in [-0.2, -0.15) is 0 Å². The summed E-state index contributed by atoms with van der Waals surface area (Å²) in [5, 5.41) is 0. The fourth-order valence-electron chi connectivity index (χ4n) is 2.45. The van der Waals surface area contributed by atoms with Gasteiger partial charge in [-0.3, -0.25) is 4.79 Å². The van der Waals surface area contributed by atoms with Crippen LogP contribution in [0, 0.1) is 5.92 Å². The van der Waals surface area contributed by atoms with E-state index in [4.69, 9.17) is 0 Å². The highest BCUT2D eigenvalue weighted by Gasteiger charge is 2.62. The number of ether oxygens (including phenoxy) is 1. The number of amides is 1. The number of nitrogens with zero attached hydrogens (tertiary/aromatic N) is 1. The first-order valence-electron chi connectivity index (χ1n) is 4.58. The Balaban J connectivity index is 2.23. The van der Waals surface area contributed by atoms with Gasteiger partial charge >= 0.3 is 5.97 Å². The fourth-order valence-corrected chi connectivity index (χ4v) is 2.45. The number of esters is 1. The normalized spacial score (nSPS) is 39.2. The smallest absolute Gasteiger partial charge is 0.328 e. The molecule has 4 atom stereocenters. The molecule has 5 heteroatoms. The molecule has 0 aromatic rings. The number of hydrogen-bond acceptors (Lipinski definition) is 3. The maximum atomic E-state index is 13.3. The van der Waals surface area contributed by atoms with E-state index in [9.17, 15) is 14.0 Å². The van der Waals surface area contributed by atoms with Gasteiger partial charge in [0, 0.05) is 12.8 Å². The van der Waals surface area contributed by atoms with Gasteiger partial charge in [-0.25, -0.2) is 9.18 Å². The molecule has 1 saturated carbocycles. The number of fused-ring (bicyclic) bond motifs is 1. The second-order valence-corrected chi connectivity index (χ2v) is 3.81. The van der Waals surface area contributed by atoms with Gasteiger partial charge in [-0.15, -0.1) is 0 Å². The van der Waals surface area contributed by atoms with Gasteiger partial charge in [0.2, 0.25) is 5.91 Å². The van der Waals surface area contributed by atoms with Crippen molar-refractivity contribution in [2.75, 3.05) is 7.11 Å². The molecule has 14 heavy (non-hydrogen) atoms. The molecular weight excluding hydrogens is 189 g/mol. The van der Waals surface area contributed by atoms with E-state index in [-0.39, 0.29) is 11.8 Å². The van der Waals surface area contributed by atoms with Gasteiger partial charge < -0.3 is 9.64 Å². The van der Waals surface area contributed by atoms with Gasteiger partial charge in [0.25, 0.3) is 0 Å². The molecule has 1 aliphatic carbocycles. The van der Waals surface area contributed by atoms with Crippen molar-refractivity contribution in [2.24, 2.45) is 5.92 Å². The predicted molar refractivity (Wildman–Crippen MR) is 45.1 cm³/mol. The zero-order chi connectivity index (χ0) is 10.5. The van der Waals surface area contributed by atoms with E-state index < -0.39 is 24.2 Å². The van der Waals surface area contributed by atoms with Crippen LogP contribution in [-0.4, -0.2) is 42.1 Å². The van der Waals surface area contributed by atoms with Gasteiger partial charge in [0.15, 0.2) is 0 Å². The van der Waals surface area contributed by atoms with Crippen LogP contribution in [0.3, 0.4) is 0 Å². The minimum Gasteiger partial charge on any atom is -0.467 e. The quantitative estimate of drug-likeness (QED) is 0.566. The van der Waals surface area contributed by atoms with Crippen molar-refractivity contribution in [1.29, 1.82) is 0 Å². The molecule has 0 radical (unpaired) electrons. The summed E-state index contributed by atoms with van der Waals surface area (Å²) in [5.74, 6) is -1.11. The third-order valence-corrected chi connectivity index (χ3v) is 3.16. The standard InChI is InChI=1S/C9H12FNO3/c1-4(12)11-6-3-5(7(6)10)8(11)9(13)14-2/h5-8H,3H2,1-2H3/t5-,6+,7+,8+/m0/s1. The lowest BCUT2D eigenvalue weighted by Crippen LogP contribution is -2.42. The minimum atomic E-state index is -1.05. The number of rotatable bonds is 1. The minimum absolute atomic E-state index is 0.256. The van der Waals surface area contributed by atoms with Crippen LogP contribution in [0.15, 0.2) is 0 Å². The monoisotopic (exact) mass is 201 g/mol. The average Bonchev–Trinajstić information content (AvgIpc) is 2.68. The predicted octanol–water partition coefficient (Wildman–Crippen LogP) is 0.117. The van der Waals surface area contributed by atoms with E-state index in [0.29, 0.717) is 6.42 Å². The molecular formula is C9H12FNO3. The van der Waals surface area contributed by atoms with Crippen molar-refractivity contribution in [2.45, 2.75) is 31.6 Å². The molecule has 2 bridgehead atoms. The third-order valence-electron chi connectivity index (χ3n) is 3.16. The van der Waals surface area contributed by atoms with E-state index in [0.717, 1.165) is 0 Å². The lowest BCUT2D eigenvalue weighted by Gasteiger charge is -2.29. The molecule has 0 aromatic heterocycles. The van der Waals surface area contributed by atoms with Crippen molar-refractivity contribution < 1.29 is 18.7 Å². The van der Waals surface area contributed by atoms with Gasteiger partial charge in [-0.05, 0) is 6.42 Å². The van der Waals surface area contributed by atoms with Crippen molar-refractivity contribution in [3.8, 4) is 0 Å². The Hall–Kier alpha value is -1.13. The van der Waals surface area contributed by atoms with Crippen LogP contribution in [-0.2, 0) is 14.3 Å². The first-order chi connectivity index (χ1) is 6.57. The lowest BCUT2D eigenvalue weighted by molar-refractivity contribution is -0.150. The zero-order valence-electron chi connectivity index (χ0n) is 8.07. The Morgan fingerprint density at radius 1 is 1.50 bits per heavy atom. The van der Waals surface area contributed by atoms with Crippen molar-refractivity contribution in [3.05, 3.63) is 0 Å². The van der Waals surface area contributed by atoms with E-state index in [1.54, 1.807) is 0 Å². The zero-order valence-corrected chi connectivity index (χ0v) is 8.07. The maximum Gasteiger partial charge on any atom is 0.328 e. The number of alkyl halides is 1. The molecule has 0 aromatic carbocycles. The average molecular weight is 201 g/mol. The van der Waals surface area contributed by atoms with E-state index in [1.807, 2.05) is 0 Å². The fraction of sp³-hybridized carbons (Fsp3) is 0.778. The number of carbonyl (C=O) groups is 2. The summed E-state index contributed by atoms with van der Waals surface area (Å²) in [5.41, 5.74) is 0. The van der Waals surface area contributed by atoms with Crippen molar-refractivity contribution >= 4 is 11.9 Å². The van der Waals surface area contributed by atoms with Crippen LogP contribution in [0.1, 0.15) is 13.3 Å². The van der Waals surface area contributed by atoms with Crippen LogP contribution < -0.4 is 0 Å². The SMILES string of the molecule is COC(=O)[C@H]1[C@H]2C[C@H]([C@@H]2F)N1C(C)=O. The Kier molecular flexibility index (Phi) is 1.97. The Morgan fingerprint density at radius 3 is 2.57 bits per heavy atom. The Labute approximate surface area is 81.0 Å². The second-order valence-electron chi connectivity index (χ2n) is 3.81. The molecule has 78 valence electrons. The van der Waals surface area contributed by atoms with Crippen molar-refractivity contribution in [1.82, 2.24) is 4.90 Å². The molecule has 2 saturated heterocycles. The molecule has 0 unspecified atom stereocenters. The highest BCUT2D eigenvalue weighted by Crippen LogP contribution is 2.48. The van der Waals surface area contributed by atoms with Crippen LogP contribution in [0.5, 0.6) is 0 Å². The Bertz CT molecular complexity index is 294. The summed E-state index contributed by atoms with van der Waals surface area (Å²) < 4.78 is 17.9. The van der Waals surface area contributed by atoms with Crippen LogP contribution in [0.2, 0.25) is 0 Å². The maximum absolute atomic E-state index is 13.3. The number of hydrogen-bond donors (Lipinski definition) is 0. The molecule has 3 aliphatic rings. The molecule has 0 N–H and O–H groups in total. The van der Waals surface area contributed by atoms with Gasteiger partial charge in [0.05, 0.1) is 13.2 Å². The summed E-state index contributed by atoms with van der Waals surface area (Å²) in [7, 11) is 1.25. The van der Waals surface area contributed by atoms with Crippen LogP contribution in [0.4, 0.5) is 4.39 Å². The van der Waals surface area contributed by atoms with Gasteiger partial charge in [-0.1, -0.05) is 0 Å². The summed E-state index contributed by atoms with van der Waals surface area (Å²) in [4.78, 5) is 23.9. The Morgan fingerprint density at radius 2 is 2.14 bits per heavy atom.